The first-order valence-corrected chi connectivity index (χ1v) is 4.14. The molecule has 0 bridgehead atoms. The average Bonchev–Trinajstić information content (AvgIpc) is 1.99. The van der Waals surface area contributed by atoms with E-state index in [1.54, 1.807) is 13.0 Å². The Morgan fingerprint density at radius 2 is 1.83 bits per heavy atom. The van der Waals surface area contributed by atoms with Gasteiger partial charge in [0.15, 0.2) is 0 Å². The molecule has 0 spiro atoms. The molecule has 2 N–H and O–H groups in total. The standard InChI is InChI=1S/C10H16O2/c1-6-5-8(11)10(3,4)7(2)9(6)12/h5,8,11-12H,1-4H3. The van der Waals surface area contributed by atoms with E-state index < -0.39 is 6.10 Å². The van der Waals surface area contributed by atoms with E-state index in [1.807, 2.05) is 20.8 Å². The molecule has 2 nitrogen and oxygen atoms in total. The van der Waals surface area contributed by atoms with Gasteiger partial charge in [0.05, 0.1) is 6.10 Å². The Balaban J connectivity index is 3.18. The lowest BCUT2D eigenvalue weighted by molar-refractivity contribution is 0.108. The molecule has 0 aromatic heterocycles. The Morgan fingerprint density at radius 3 is 2.33 bits per heavy atom. The second kappa shape index (κ2) is 2.63. The third-order valence-electron chi connectivity index (χ3n) is 2.84. The van der Waals surface area contributed by atoms with E-state index in [2.05, 4.69) is 0 Å². The highest BCUT2D eigenvalue weighted by atomic mass is 16.3. The lowest BCUT2D eigenvalue weighted by atomic mass is 9.74. The van der Waals surface area contributed by atoms with Gasteiger partial charge >= 0.3 is 0 Å². The summed E-state index contributed by atoms with van der Waals surface area (Å²) in [6.45, 7) is 7.50. The molecule has 0 aromatic carbocycles. The molecule has 0 saturated heterocycles. The fourth-order valence-electron chi connectivity index (χ4n) is 1.35. The predicted molar refractivity (Wildman–Crippen MR) is 48.9 cm³/mol. The van der Waals surface area contributed by atoms with Crippen LogP contribution in [0.4, 0.5) is 0 Å². The van der Waals surface area contributed by atoms with Crippen molar-refractivity contribution >= 4 is 0 Å². The molecule has 2 heteroatoms. The summed E-state index contributed by atoms with van der Waals surface area (Å²) in [5.74, 6) is 0.324. The van der Waals surface area contributed by atoms with Gasteiger partial charge in [0.25, 0.3) is 0 Å². The van der Waals surface area contributed by atoms with Gasteiger partial charge in [-0.05, 0) is 31.1 Å². The van der Waals surface area contributed by atoms with Gasteiger partial charge in [-0.15, -0.1) is 0 Å². The van der Waals surface area contributed by atoms with Crippen molar-refractivity contribution in [2.45, 2.75) is 33.8 Å². The Hall–Kier alpha value is -0.760. The van der Waals surface area contributed by atoms with Gasteiger partial charge in [-0.25, -0.2) is 0 Å². The summed E-state index contributed by atoms with van der Waals surface area (Å²) < 4.78 is 0. The van der Waals surface area contributed by atoms with Crippen LogP contribution < -0.4 is 0 Å². The van der Waals surface area contributed by atoms with E-state index in [4.69, 9.17) is 0 Å². The van der Waals surface area contributed by atoms with Crippen molar-refractivity contribution in [3.63, 3.8) is 0 Å². The van der Waals surface area contributed by atoms with E-state index in [9.17, 15) is 10.2 Å². The molecular weight excluding hydrogens is 152 g/mol. The minimum absolute atomic E-state index is 0.324. The molecule has 1 aliphatic carbocycles. The second-order valence-corrected chi connectivity index (χ2v) is 3.99. The van der Waals surface area contributed by atoms with Gasteiger partial charge in [-0.2, -0.15) is 0 Å². The van der Waals surface area contributed by atoms with Gasteiger partial charge < -0.3 is 10.2 Å². The predicted octanol–water partition coefficient (Wildman–Crippen LogP) is 2.17. The molecule has 12 heavy (non-hydrogen) atoms. The van der Waals surface area contributed by atoms with Crippen LogP contribution in [0.3, 0.4) is 0 Å². The van der Waals surface area contributed by atoms with Crippen LogP contribution in [0.2, 0.25) is 0 Å². The highest BCUT2D eigenvalue weighted by Crippen LogP contribution is 2.38. The molecule has 1 atom stereocenters. The van der Waals surface area contributed by atoms with Crippen molar-refractivity contribution in [2.75, 3.05) is 0 Å². The summed E-state index contributed by atoms with van der Waals surface area (Å²) in [6.07, 6.45) is 1.20. The number of rotatable bonds is 0. The lowest BCUT2D eigenvalue weighted by Crippen LogP contribution is -2.32. The van der Waals surface area contributed by atoms with E-state index in [1.165, 1.54) is 0 Å². The quantitative estimate of drug-likeness (QED) is 0.582. The Kier molecular flexibility index (Phi) is 2.04. The average molecular weight is 168 g/mol. The fourth-order valence-corrected chi connectivity index (χ4v) is 1.35. The Bertz CT molecular complexity index is 259. The molecular formula is C10H16O2. The zero-order chi connectivity index (χ0) is 9.52. The van der Waals surface area contributed by atoms with Crippen LogP contribution in [-0.4, -0.2) is 16.3 Å². The van der Waals surface area contributed by atoms with Crippen LogP contribution in [0.5, 0.6) is 0 Å². The number of allylic oxidation sites excluding steroid dienone is 1. The number of hydrogen-bond acceptors (Lipinski definition) is 2. The van der Waals surface area contributed by atoms with Crippen molar-refractivity contribution < 1.29 is 10.2 Å². The maximum absolute atomic E-state index is 9.67. The van der Waals surface area contributed by atoms with Crippen LogP contribution >= 0.6 is 0 Å². The molecule has 0 aliphatic heterocycles. The van der Waals surface area contributed by atoms with Crippen LogP contribution in [0, 0.1) is 5.41 Å². The topological polar surface area (TPSA) is 40.5 Å². The largest absolute Gasteiger partial charge is 0.508 e. The molecule has 0 aromatic rings. The Labute approximate surface area is 73.2 Å². The molecule has 0 saturated carbocycles. The fraction of sp³-hybridized carbons (Fsp3) is 0.600. The van der Waals surface area contributed by atoms with E-state index in [0.29, 0.717) is 5.76 Å². The maximum atomic E-state index is 9.67. The van der Waals surface area contributed by atoms with Gasteiger partial charge in [-0.1, -0.05) is 13.8 Å². The second-order valence-electron chi connectivity index (χ2n) is 3.99. The highest BCUT2D eigenvalue weighted by molar-refractivity contribution is 5.37. The van der Waals surface area contributed by atoms with Crippen LogP contribution in [0.15, 0.2) is 23.0 Å². The molecule has 0 amide bonds. The van der Waals surface area contributed by atoms with Gasteiger partial charge in [0, 0.05) is 5.41 Å². The SMILES string of the molecule is CC1=CC(O)C(C)(C)C(C)=C1O. The third kappa shape index (κ3) is 1.16. The zero-order valence-corrected chi connectivity index (χ0v) is 8.05. The van der Waals surface area contributed by atoms with Crippen LogP contribution in [0.1, 0.15) is 27.7 Å². The number of aliphatic hydroxyl groups is 2. The zero-order valence-electron chi connectivity index (χ0n) is 8.05. The van der Waals surface area contributed by atoms with Crippen molar-refractivity contribution in [1.82, 2.24) is 0 Å². The molecule has 1 unspecified atom stereocenters. The van der Waals surface area contributed by atoms with Crippen molar-refractivity contribution in [3.8, 4) is 0 Å². The maximum Gasteiger partial charge on any atom is 0.117 e. The van der Waals surface area contributed by atoms with E-state index >= 15 is 0 Å². The summed E-state index contributed by atoms with van der Waals surface area (Å²) in [7, 11) is 0. The first-order chi connectivity index (χ1) is 5.37. The van der Waals surface area contributed by atoms with Gasteiger partial charge in [0.2, 0.25) is 0 Å². The lowest BCUT2D eigenvalue weighted by Gasteiger charge is -2.34. The first kappa shape index (κ1) is 9.33. The summed E-state index contributed by atoms with van der Waals surface area (Å²) in [6, 6.07) is 0. The summed E-state index contributed by atoms with van der Waals surface area (Å²) >= 11 is 0. The molecule has 1 aliphatic rings. The van der Waals surface area contributed by atoms with Crippen LogP contribution in [-0.2, 0) is 0 Å². The van der Waals surface area contributed by atoms with Crippen molar-refractivity contribution in [1.29, 1.82) is 0 Å². The minimum atomic E-state index is -0.492. The van der Waals surface area contributed by atoms with Crippen LogP contribution in [0.25, 0.3) is 0 Å². The smallest absolute Gasteiger partial charge is 0.117 e. The normalized spacial score (nSPS) is 28.8. The monoisotopic (exact) mass is 168 g/mol. The van der Waals surface area contributed by atoms with Gasteiger partial charge in [-0.3, -0.25) is 0 Å². The molecule has 1 rings (SSSR count). The third-order valence-corrected chi connectivity index (χ3v) is 2.84. The first-order valence-electron chi connectivity index (χ1n) is 4.14. The molecule has 0 radical (unpaired) electrons. The highest BCUT2D eigenvalue weighted by Gasteiger charge is 2.34. The number of aliphatic hydroxyl groups excluding tert-OH is 2. The van der Waals surface area contributed by atoms with Gasteiger partial charge in [0.1, 0.15) is 5.76 Å². The van der Waals surface area contributed by atoms with E-state index in [-0.39, 0.29) is 5.41 Å². The molecule has 0 heterocycles. The number of hydrogen-bond donors (Lipinski definition) is 2. The Morgan fingerprint density at radius 1 is 1.33 bits per heavy atom. The molecule has 68 valence electrons. The summed E-state index contributed by atoms with van der Waals surface area (Å²) in [4.78, 5) is 0. The van der Waals surface area contributed by atoms with E-state index in [0.717, 1.165) is 11.1 Å². The van der Waals surface area contributed by atoms with Crippen molar-refractivity contribution in [3.05, 3.63) is 23.0 Å². The summed E-state index contributed by atoms with van der Waals surface area (Å²) in [5, 5.41) is 19.3. The minimum Gasteiger partial charge on any atom is -0.508 e. The van der Waals surface area contributed by atoms with Crippen molar-refractivity contribution in [2.24, 2.45) is 5.41 Å². The summed E-state index contributed by atoms with van der Waals surface area (Å²) in [5.41, 5.74) is 1.28. The molecule has 0 fully saturated rings.